The molecule has 0 spiro atoms. The Balaban J connectivity index is 2.00. The minimum absolute atomic E-state index is 0.0108. The van der Waals surface area contributed by atoms with E-state index in [1.165, 1.54) is 10.8 Å². The first kappa shape index (κ1) is 27.0. The quantitative estimate of drug-likeness (QED) is 0.387. The molecule has 1 heterocycles. The number of halogens is 2. The molecule has 0 bridgehead atoms. The highest BCUT2D eigenvalue weighted by molar-refractivity contribution is 6.32. The van der Waals surface area contributed by atoms with Gasteiger partial charge in [-0.3, -0.25) is 14.4 Å². The highest BCUT2D eigenvalue weighted by Crippen LogP contribution is 2.29. The molecule has 10 nitrogen and oxygen atoms in total. The third-order valence-corrected chi connectivity index (χ3v) is 5.38. The Morgan fingerprint density at radius 3 is 2.50 bits per heavy atom. The van der Waals surface area contributed by atoms with Crippen LogP contribution in [0, 0.1) is 0 Å². The number of hydrogen-bond acceptors (Lipinski definition) is 7. The number of hydrogen-bond donors (Lipinski definition) is 2. The molecule has 0 unspecified atom stereocenters. The molecule has 1 aromatic heterocycles. The molecule has 190 valence electrons. The van der Waals surface area contributed by atoms with E-state index < -0.39 is 23.8 Å². The van der Waals surface area contributed by atoms with E-state index in [9.17, 15) is 14.4 Å². The van der Waals surface area contributed by atoms with Gasteiger partial charge >= 0.3 is 11.4 Å². The van der Waals surface area contributed by atoms with E-state index in [1.807, 2.05) is 13.8 Å². The number of amides is 1. The Labute approximate surface area is 217 Å². The first-order valence-electron chi connectivity index (χ1n) is 11.0. The number of ether oxygens (including phenoxy) is 1. The summed E-state index contributed by atoms with van der Waals surface area (Å²) in [5.74, 6) is -0.0382. The molecule has 2 aromatic carbocycles. The van der Waals surface area contributed by atoms with Gasteiger partial charge in [0, 0.05) is 24.0 Å². The van der Waals surface area contributed by atoms with Gasteiger partial charge in [-0.2, -0.15) is 4.98 Å². The van der Waals surface area contributed by atoms with Crippen LogP contribution in [0.15, 0.2) is 57.0 Å². The highest BCUT2D eigenvalue weighted by Gasteiger charge is 2.17. The zero-order chi connectivity index (χ0) is 26.2. The largest absolute Gasteiger partial charge is 0.489 e. The van der Waals surface area contributed by atoms with Crippen LogP contribution >= 0.6 is 23.2 Å². The van der Waals surface area contributed by atoms with Gasteiger partial charge < -0.3 is 15.4 Å². The monoisotopic (exact) mass is 532 g/mol. The average molecular weight is 533 g/mol. The van der Waals surface area contributed by atoms with E-state index in [0.29, 0.717) is 21.5 Å². The van der Waals surface area contributed by atoms with Gasteiger partial charge in [-0.15, -0.1) is 0 Å². The van der Waals surface area contributed by atoms with Crippen molar-refractivity contribution in [3.05, 3.63) is 79.0 Å². The van der Waals surface area contributed by atoms with Crippen molar-refractivity contribution < 1.29 is 9.53 Å². The summed E-state index contributed by atoms with van der Waals surface area (Å²) < 4.78 is 7.68. The number of carbonyl (C=O) groups is 1. The Bertz CT molecular complexity index is 1370. The molecular weight excluding hydrogens is 507 g/mol. The van der Waals surface area contributed by atoms with Gasteiger partial charge in [0.25, 0.3) is 0 Å². The number of anilines is 2. The van der Waals surface area contributed by atoms with Crippen LogP contribution < -0.4 is 26.7 Å². The van der Waals surface area contributed by atoms with Crippen molar-refractivity contribution in [3.63, 3.8) is 0 Å². The predicted molar refractivity (Wildman–Crippen MR) is 141 cm³/mol. The topological polar surface area (TPSA) is 120 Å². The van der Waals surface area contributed by atoms with Crippen molar-refractivity contribution in [1.82, 2.24) is 19.4 Å². The first-order valence-corrected chi connectivity index (χ1v) is 11.8. The SMILES string of the molecule is CN=CCNC(=O)Cn1c(=O)nc(Nc2ccc(OC(C)C)c(Cl)c2)n(Cc2ccc(Cl)cc2)c1=O. The normalized spacial score (nSPS) is 11.2. The highest BCUT2D eigenvalue weighted by atomic mass is 35.5. The van der Waals surface area contributed by atoms with Crippen LogP contribution in [0.4, 0.5) is 11.6 Å². The summed E-state index contributed by atoms with van der Waals surface area (Å²) in [7, 11) is 1.57. The molecule has 3 rings (SSSR count). The van der Waals surface area contributed by atoms with Gasteiger partial charge in [-0.1, -0.05) is 35.3 Å². The van der Waals surface area contributed by atoms with Gasteiger partial charge in [0.05, 0.1) is 24.2 Å². The summed E-state index contributed by atoms with van der Waals surface area (Å²) in [5, 5.41) is 6.43. The predicted octanol–water partition coefficient (Wildman–Crippen LogP) is 3.11. The number of nitrogens with zero attached hydrogens (tertiary/aromatic N) is 4. The summed E-state index contributed by atoms with van der Waals surface area (Å²) in [6, 6.07) is 11.8. The molecule has 0 radical (unpaired) electrons. The second-order valence-corrected chi connectivity index (χ2v) is 8.82. The zero-order valence-electron chi connectivity index (χ0n) is 20.0. The van der Waals surface area contributed by atoms with Crippen molar-refractivity contribution in [2.75, 3.05) is 18.9 Å². The summed E-state index contributed by atoms with van der Waals surface area (Å²) in [5.41, 5.74) is -0.363. The lowest BCUT2D eigenvalue weighted by Gasteiger charge is -2.17. The molecule has 0 saturated heterocycles. The van der Waals surface area contributed by atoms with Crippen molar-refractivity contribution in [3.8, 4) is 5.75 Å². The second-order valence-electron chi connectivity index (χ2n) is 7.98. The maximum atomic E-state index is 13.3. The number of rotatable bonds is 10. The minimum atomic E-state index is -0.875. The fourth-order valence-electron chi connectivity index (χ4n) is 3.18. The fraction of sp³-hybridized carbons (Fsp3) is 0.292. The summed E-state index contributed by atoms with van der Waals surface area (Å²) in [6.07, 6.45) is 1.43. The molecule has 0 saturated carbocycles. The number of benzene rings is 2. The molecule has 36 heavy (non-hydrogen) atoms. The van der Waals surface area contributed by atoms with Gasteiger partial charge in [-0.05, 0) is 49.7 Å². The van der Waals surface area contributed by atoms with E-state index in [-0.39, 0.29) is 25.1 Å². The smallest absolute Gasteiger partial charge is 0.355 e. The number of nitrogens with one attached hydrogen (secondary N) is 2. The van der Waals surface area contributed by atoms with E-state index in [0.717, 1.165) is 10.1 Å². The second kappa shape index (κ2) is 12.4. The fourth-order valence-corrected chi connectivity index (χ4v) is 3.53. The molecule has 0 aliphatic carbocycles. The Morgan fingerprint density at radius 2 is 1.86 bits per heavy atom. The van der Waals surface area contributed by atoms with Crippen LogP contribution in [0.25, 0.3) is 0 Å². The van der Waals surface area contributed by atoms with Gasteiger partial charge in [0.1, 0.15) is 12.3 Å². The maximum Gasteiger partial charge on any atom is 0.355 e. The standard InChI is InChI=1S/C24H26Cl2N6O4/c1-15(2)36-20-9-8-18(12-19(20)26)29-22-30-23(34)32(14-21(33)28-11-10-27-3)24(35)31(22)13-16-4-6-17(25)7-5-16/h4-10,12,15H,11,13-14H2,1-3H3,(H,28,33)(H,29,30,34). The third kappa shape index (κ3) is 7.19. The lowest BCUT2D eigenvalue weighted by molar-refractivity contribution is -0.121. The minimum Gasteiger partial charge on any atom is -0.489 e. The van der Waals surface area contributed by atoms with Crippen LogP contribution in [0.5, 0.6) is 5.75 Å². The summed E-state index contributed by atoms with van der Waals surface area (Å²) in [6.45, 7) is 3.52. The number of aliphatic imine (C=N–C) groups is 1. The van der Waals surface area contributed by atoms with Crippen LogP contribution in [-0.2, 0) is 17.9 Å². The van der Waals surface area contributed by atoms with Crippen LogP contribution in [-0.4, -0.2) is 45.9 Å². The average Bonchev–Trinajstić information content (AvgIpc) is 2.82. The lowest BCUT2D eigenvalue weighted by Crippen LogP contribution is -2.46. The van der Waals surface area contributed by atoms with E-state index >= 15 is 0 Å². The molecule has 0 aliphatic heterocycles. The first-order chi connectivity index (χ1) is 17.2. The Hall–Kier alpha value is -3.63. The molecule has 3 aromatic rings. The van der Waals surface area contributed by atoms with Gasteiger partial charge in [0.2, 0.25) is 11.9 Å². The molecule has 2 N–H and O–H groups in total. The van der Waals surface area contributed by atoms with Crippen molar-refractivity contribution in [2.24, 2.45) is 4.99 Å². The maximum absolute atomic E-state index is 13.3. The number of aromatic nitrogens is 3. The van der Waals surface area contributed by atoms with Crippen LogP contribution in [0.1, 0.15) is 19.4 Å². The molecule has 12 heteroatoms. The number of carbonyl (C=O) groups excluding carboxylic acids is 1. The van der Waals surface area contributed by atoms with E-state index in [2.05, 4.69) is 20.6 Å². The van der Waals surface area contributed by atoms with Crippen molar-refractivity contribution in [1.29, 1.82) is 0 Å². The zero-order valence-corrected chi connectivity index (χ0v) is 21.5. The van der Waals surface area contributed by atoms with Crippen molar-refractivity contribution in [2.45, 2.75) is 33.0 Å². The molecule has 0 aliphatic rings. The molecule has 0 fully saturated rings. The van der Waals surface area contributed by atoms with E-state index in [1.54, 1.807) is 49.5 Å². The summed E-state index contributed by atoms with van der Waals surface area (Å²) in [4.78, 5) is 46.2. The lowest BCUT2D eigenvalue weighted by atomic mass is 10.2. The third-order valence-electron chi connectivity index (χ3n) is 4.83. The van der Waals surface area contributed by atoms with Crippen molar-refractivity contribution >= 4 is 47.0 Å². The molecule has 1 amide bonds. The Kier molecular flexibility index (Phi) is 9.26. The van der Waals surface area contributed by atoms with Crippen LogP contribution in [0.2, 0.25) is 10.0 Å². The Morgan fingerprint density at radius 1 is 1.14 bits per heavy atom. The molecule has 0 atom stereocenters. The van der Waals surface area contributed by atoms with Gasteiger partial charge in [0.15, 0.2) is 0 Å². The summed E-state index contributed by atoms with van der Waals surface area (Å²) >= 11 is 12.3. The van der Waals surface area contributed by atoms with Gasteiger partial charge in [-0.25, -0.2) is 14.2 Å². The van der Waals surface area contributed by atoms with E-state index in [4.69, 9.17) is 27.9 Å². The van der Waals surface area contributed by atoms with Crippen LogP contribution in [0.3, 0.4) is 0 Å². The molecular formula is C24H26Cl2N6O4.